The first-order valence-electron chi connectivity index (χ1n) is 7.25. The zero-order valence-electron chi connectivity index (χ0n) is 12.7. The van der Waals surface area contributed by atoms with Crippen molar-refractivity contribution in [2.75, 3.05) is 0 Å². The minimum absolute atomic E-state index is 0.118. The van der Waals surface area contributed by atoms with E-state index in [1.165, 1.54) is 0 Å². The van der Waals surface area contributed by atoms with Gasteiger partial charge in [-0.1, -0.05) is 24.6 Å². The van der Waals surface area contributed by atoms with Crippen LogP contribution in [0.3, 0.4) is 0 Å². The fourth-order valence-corrected chi connectivity index (χ4v) is 2.16. The number of halogens is 1. The first-order valence-corrected chi connectivity index (χ1v) is 7.63. The van der Waals surface area contributed by atoms with Gasteiger partial charge in [-0.05, 0) is 44.4 Å². The van der Waals surface area contributed by atoms with Crippen LogP contribution in [0.1, 0.15) is 38.8 Å². The molecule has 0 fully saturated rings. The van der Waals surface area contributed by atoms with Crippen molar-refractivity contribution in [3.8, 4) is 11.5 Å². The van der Waals surface area contributed by atoms with Crippen LogP contribution in [-0.2, 0) is 6.42 Å². The summed E-state index contributed by atoms with van der Waals surface area (Å²) in [7, 11) is 0. The molecular weight excluding hydrogens is 286 g/mol. The Kier molecular flexibility index (Phi) is 5.26. The number of rotatable bonds is 6. The van der Waals surface area contributed by atoms with Gasteiger partial charge in [-0.3, -0.25) is 4.68 Å². The Hall–Kier alpha value is -1.52. The SMILES string of the molecule is CCC(N)Cc1ccc(Cl)cc1Oc1cnn(C(C)C)c1. The van der Waals surface area contributed by atoms with E-state index in [0.29, 0.717) is 16.8 Å². The minimum atomic E-state index is 0.118. The first-order chi connectivity index (χ1) is 9.99. The van der Waals surface area contributed by atoms with Crippen molar-refractivity contribution in [3.05, 3.63) is 41.2 Å². The number of hydrogen-bond acceptors (Lipinski definition) is 3. The average molecular weight is 308 g/mol. The highest BCUT2D eigenvalue weighted by molar-refractivity contribution is 6.30. The molecule has 1 heterocycles. The number of nitrogens with zero attached hydrogens (tertiary/aromatic N) is 2. The predicted octanol–water partition coefficient (Wildman–Crippen LogP) is 4.19. The standard InChI is InChI=1S/C16H22ClN3O/c1-4-14(18)7-12-5-6-13(17)8-16(12)21-15-9-19-20(10-15)11(2)3/h5-6,8-11,14H,4,7,18H2,1-3H3. The first kappa shape index (κ1) is 15.9. The van der Waals surface area contributed by atoms with Gasteiger partial charge in [0.05, 0.1) is 12.4 Å². The fourth-order valence-electron chi connectivity index (χ4n) is 2.00. The second kappa shape index (κ2) is 6.96. The molecule has 0 aliphatic carbocycles. The molecule has 1 unspecified atom stereocenters. The van der Waals surface area contributed by atoms with Gasteiger partial charge in [0.15, 0.2) is 5.75 Å². The lowest BCUT2D eigenvalue weighted by atomic mass is 10.0. The van der Waals surface area contributed by atoms with Gasteiger partial charge in [0, 0.05) is 17.1 Å². The third-order valence-electron chi connectivity index (χ3n) is 3.37. The van der Waals surface area contributed by atoms with Crippen LogP contribution < -0.4 is 10.5 Å². The number of nitrogens with two attached hydrogens (primary N) is 1. The molecule has 5 heteroatoms. The van der Waals surface area contributed by atoms with Crippen LogP contribution in [0.25, 0.3) is 0 Å². The zero-order valence-corrected chi connectivity index (χ0v) is 13.5. The molecule has 0 amide bonds. The summed E-state index contributed by atoms with van der Waals surface area (Å²) in [6.07, 6.45) is 5.29. The van der Waals surface area contributed by atoms with E-state index in [1.54, 1.807) is 6.20 Å². The summed E-state index contributed by atoms with van der Waals surface area (Å²) in [4.78, 5) is 0. The van der Waals surface area contributed by atoms with Gasteiger partial charge < -0.3 is 10.5 Å². The molecule has 1 atom stereocenters. The van der Waals surface area contributed by atoms with Gasteiger partial charge >= 0.3 is 0 Å². The van der Waals surface area contributed by atoms with Gasteiger partial charge in [-0.25, -0.2) is 0 Å². The normalized spacial score (nSPS) is 12.7. The number of ether oxygens (including phenoxy) is 1. The van der Waals surface area contributed by atoms with E-state index < -0.39 is 0 Å². The molecule has 4 nitrogen and oxygen atoms in total. The van der Waals surface area contributed by atoms with Crippen LogP contribution >= 0.6 is 11.6 Å². The maximum absolute atomic E-state index is 6.08. The Morgan fingerprint density at radius 1 is 1.38 bits per heavy atom. The van der Waals surface area contributed by atoms with E-state index in [2.05, 4.69) is 25.9 Å². The minimum Gasteiger partial charge on any atom is -0.454 e. The van der Waals surface area contributed by atoms with Crippen molar-refractivity contribution >= 4 is 11.6 Å². The highest BCUT2D eigenvalue weighted by atomic mass is 35.5. The number of hydrogen-bond donors (Lipinski definition) is 1. The van der Waals surface area contributed by atoms with Crippen molar-refractivity contribution in [1.82, 2.24) is 9.78 Å². The molecule has 0 saturated heterocycles. The van der Waals surface area contributed by atoms with E-state index >= 15 is 0 Å². The van der Waals surface area contributed by atoms with Crippen molar-refractivity contribution in [1.29, 1.82) is 0 Å². The summed E-state index contributed by atoms with van der Waals surface area (Å²) in [5.41, 5.74) is 7.11. The molecule has 114 valence electrons. The molecule has 0 saturated carbocycles. The van der Waals surface area contributed by atoms with E-state index in [9.17, 15) is 0 Å². The molecule has 0 radical (unpaired) electrons. The summed E-state index contributed by atoms with van der Waals surface area (Å²) in [6.45, 7) is 6.22. The summed E-state index contributed by atoms with van der Waals surface area (Å²) >= 11 is 6.08. The van der Waals surface area contributed by atoms with Crippen molar-refractivity contribution in [3.63, 3.8) is 0 Å². The molecular formula is C16H22ClN3O. The predicted molar refractivity (Wildman–Crippen MR) is 86.1 cm³/mol. The highest BCUT2D eigenvalue weighted by Gasteiger charge is 2.11. The van der Waals surface area contributed by atoms with Gasteiger partial charge in [0.2, 0.25) is 0 Å². The fraction of sp³-hybridized carbons (Fsp3) is 0.438. The molecule has 1 aromatic heterocycles. The summed E-state index contributed by atoms with van der Waals surface area (Å²) in [5, 5.41) is 4.92. The lowest BCUT2D eigenvalue weighted by Gasteiger charge is -2.13. The molecule has 2 N–H and O–H groups in total. The van der Waals surface area contributed by atoms with E-state index in [-0.39, 0.29) is 6.04 Å². The van der Waals surface area contributed by atoms with Crippen LogP contribution in [-0.4, -0.2) is 15.8 Å². The zero-order chi connectivity index (χ0) is 15.4. The smallest absolute Gasteiger partial charge is 0.165 e. The molecule has 0 aliphatic heterocycles. The summed E-state index contributed by atoms with van der Waals surface area (Å²) < 4.78 is 7.80. The Morgan fingerprint density at radius 2 is 2.14 bits per heavy atom. The maximum atomic E-state index is 6.08. The molecule has 21 heavy (non-hydrogen) atoms. The van der Waals surface area contributed by atoms with Crippen molar-refractivity contribution in [2.45, 2.75) is 45.7 Å². The van der Waals surface area contributed by atoms with Gasteiger partial charge in [-0.2, -0.15) is 5.10 Å². The Bertz CT molecular complexity index is 595. The van der Waals surface area contributed by atoms with Crippen LogP contribution in [0.4, 0.5) is 0 Å². The Morgan fingerprint density at radius 3 is 2.76 bits per heavy atom. The van der Waals surface area contributed by atoms with E-state index in [4.69, 9.17) is 22.1 Å². The highest BCUT2D eigenvalue weighted by Crippen LogP contribution is 2.29. The van der Waals surface area contributed by atoms with Crippen LogP contribution in [0.15, 0.2) is 30.6 Å². The molecule has 0 aliphatic rings. The number of benzene rings is 1. The maximum Gasteiger partial charge on any atom is 0.165 e. The van der Waals surface area contributed by atoms with E-state index in [0.717, 1.165) is 24.2 Å². The average Bonchev–Trinajstić information content (AvgIpc) is 2.90. The molecule has 0 bridgehead atoms. The Labute approximate surface area is 130 Å². The lowest BCUT2D eigenvalue weighted by Crippen LogP contribution is -2.21. The second-order valence-corrected chi connectivity index (χ2v) is 5.91. The van der Waals surface area contributed by atoms with Crippen molar-refractivity contribution < 1.29 is 4.74 Å². The quantitative estimate of drug-likeness (QED) is 0.870. The van der Waals surface area contributed by atoms with Crippen LogP contribution in [0, 0.1) is 0 Å². The van der Waals surface area contributed by atoms with Crippen LogP contribution in [0.5, 0.6) is 11.5 Å². The molecule has 2 rings (SSSR count). The van der Waals surface area contributed by atoms with Crippen molar-refractivity contribution in [2.24, 2.45) is 5.73 Å². The molecule has 1 aromatic carbocycles. The lowest BCUT2D eigenvalue weighted by molar-refractivity contribution is 0.467. The van der Waals surface area contributed by atoms with E-state index in [1.807, 2.05) is 29.1 Å². The van der Waals surface area contributed by atoms with Gasteiger partial charge in [0.25, 0.3) is 0 Å². The summed E-state index contributed by atoms with van der Waals surface area (Å²) in [5.74, 6) is 1.45. The third-order valence-corrected chi connectivity index (χ3v) is 3.61. The second-order valence-electron chi connectivity index (χ2n) is 5.48. The van der Waals surface area contributed by atoms with Crippen LogP contribution in [0.2, 0.25) is 5.02 Å². The largest absolute Gasteiger partial charge is 0.454 e. The molecule has 0 spiro atoms. The number of aromatic nitrogens is 2. The monoisotopic (exact) mass is 307 g/mol. The van der Waals surface area contributed by atoms with Gasteiger partial charge in [0.1, 0.15) is 5.75 Å². The topological polar surface area (TPSA) is 53.1 Å². The molecule has 2 aromatic rings. The summed E-state index contributed by atoms with van der Waals surface area (Å²) in [6, 6.07) is 6.08. The Balaban J connectivity index is 2.22. The van der Waals surface area contributed by atoms with Gasteiger partial charge in [-0.15, -0.1) is 0 Å². The third kappa shape index (κ3) is 4.22.